The van der Waals surface area contributed by atoms with Gasteiger partial charge in [0.25, 0.3) is 0 Å². The third-order valence-electron chi connectivity index (χ3n) is 2.71. The molecule has 0 fully saturated rings. The van der Waals surface area contributed by atoms with Crippen LogP contribution in [-0.4, -0.2) is 50.0 Å². The van der Waals surface area contributed by atoms with Crippen molar-refractivity contribution in [3.8, 4) is 0 Å². The Kier molecular flexibility index (Phi) is 7.07. The molecule has 0 heterocycles. The first-order chi connectivity index (χ1) is 8.82. The molecular weight excluding hydrogens is 276 g/mol. The van der Waals surface area contributed by atoms with Gasteiger partial charge in [-0.2, -0.15) is 4.99 Å². The van der Waals surface area contributed by atoms with Gasteiger partial charge in [0.1, 0.15) is 0 Å². The van der Waals surface area contributed by atoms with Crippen molar-refractivity contribution in [1.82, 2.24) is 9.80 Å². The average Bonchev–Trinajstić information content (AvgIpc) is 2.30. The molecule has 0 radical (unpaired) electrons. The van der Waals surface area contributed by atoms with Crippen molar-refractivity contribution in [3.05, 3.63) is 29.3 Å². The van der Waals surface area contributed by atoms with E-state index in [-0.39, 0.29) is 18.4 Å². The molecule has 0 spiro atoms. The maximum atomic E-state index is 12.0. The lowest BCUT2D eigenvalue weighted by Gasteiger charge is -2.22. The summed E-state index contributed by atoms with van der Waals surface area (Å²) in [5.74, 6) is 0.601. The number of rotatable bonds is 1. The van der Waals surface area contributed by atoms with Crippen LogP contribution in [0.1, 0.15) is 11.1 Å². The number of amides is 2. The summed E-state index contributed by atoms with van der Waals surface area (Å²) in [6, 6.07) is 5.53. The van der Waals surface area contributed by atoms with E-state index in [1.807, 2.05) is 60.2 Å². The van der Waals surface area contributed by atoms with Crippen LogP contribution in [0.25, 0.3) is 0 Å². The van der Waals surface area contributed by atoms with Crippen molar-refractivity contribution < 1.29 is 4.79 Å². The highest BCUT2D eigenvalue weighted by Gasteiger charge is 2.10. The van der Waals surface area contributed by atoms with Crippen LogP contribution in [0.4, 0.5) is 10.5 Å². The van der Waals surface area contributed by atoms with Gasteiger partial charge in [-0.25, -0.2) is 4.79 Å². The molecule has 0 saturated carbocycles. The van der Waals surface area contributed by atoms with Gasteiger partial charge >= 0.3 is 6.03 Å². The number of aliphatic imine (C=N–C) groups is 1. The molecule has 0 saturated heterocycles. The predicted molar refractivity (Wildman–Crippen MR) is 87.0 cm³/mol. The molecule has 0 aliphatic heterocycles. The summed E-state index contributed by atoms with van der Waals surface area (Å²) in [6.07, 6.45) is 0. The molecule has 1 N–H and O–H groups in total. The number of urea groups is 1. The second-order valence-electron chi connectivity index (χ2n) is 4.90. The quantitative estimate of drug-likeness (QED) is 0.640. The van der Waals surface area contributed by atoms with E-state index in [2.05, 4.69) is 10.3 Å². The van der Waals surface area contributed by atoms with E-state index >= 15 is 0 Å². The van der Waals surface area contributed by atoms with E-state index in [9.17, 15) is 4.79 Å². The number of anilines is 1. The minimum atomic E-state index is -0.366. The molecule has 1 rings (SSSR count). The van der Waals surface area contributed by atoms with Gasteiger partial charge in [-0.15, -0.1) is 12.4 Å². The summed E-state index contributed by atoms with van der Waals surface area (Å²) >= 11 is 0. The first-order valence-electron chi connectivity index (χ1n) is 6.13. The zero-order chi connectivity index (χ0) is 14.6. The summed E-state index contributed by atoms with van der Waals surface area (Å²) in [7, 11) is 7.41. The highest BCUT2D eigenvalue weighted by molar-refractivity contribution is 5.99. The monoisotopic (exact) mass is 298 g/mol. The number of aryl methyl sites for hydroxylation is 2. The van der Waals surface area contributed by atoms with Crippen LogP contribution in [0, 0.1) is 13.8 Å². The molecule has 112 valence electrons. The number of benzene rings is 1. The Morgan fingerprint density at radius 2 is 1.50 bits per heavy atom. The Morgan fingerprint density at radius 1 is 1.05 bits per heavy atom. The third-order valence-corrected chi connectivity index (χ3v) is 2.71. The van der Waals surface area contributed by atoms with Gasteiger partial charge in [0.05, 0.1) is 0 Å². The summed E-state index contributed by atoms with van der Waals surface area (Å²) in [6.45, 7) is 3.93. The highest BCUT2D eigenvalue weighted by Crippen LogP contribution is 2.19. The van der Waals surface area contributed by atoms with Crippen molar-refractivity contribution in [3.63, 3.8) is 0 Å². The Hall–Kier alpha value is -1.75. The van der Waals surface area contributed by atoms with Gasteiger partial charge in [0.2, 0.25) is 5.96 Å². The smallest absolute Gasteiger partial charge is 0.348 e. The van der Waals surface area contributed by atoms with Gasteiger partial charge in [-0.1, -0.05) is 18.2 Å². The van der Waals surface area contributed by atoms with Crippen molar-refractivity contribution >= 4 is 30.1 Å². The number of hydrogen-bond acceptors (Lipinski definition) is 1. The molecule has 6 heteroatoms. The van der Waals surface area contributed by atoms with Crippen LogP contribution >= 0.6 is 12.4 Å². The minimum Gasteiger partial charge on any atom is -0.349 e. The van der Waals surface area contributed by atoms with Crippen LogP contribution < -0.4 is 5.32 Å². The van der Waals surface area contributed by atoms with Crippen LogP contribution in [0.3, 0.4) is 0 Å². The first-order valence-corrected chi connectivity index (χ1v) is 6.13. The van der Waals surface area contributed by atoms with Gasteiger partial charge in [0, 0.05) is 33.9 Å². The highest BCUT2D eigenvalue weighted by atomic mass is 35.5. The second kappa shape index (κ2) is 7.75. The van der Waals surface area contributed by atoms with E-state index in [0.29, 0.717) is 5.96 Å². The molecule has 1 aromatic carbocycles. The average molecular weight is 299 g/mol. The van der Waals surface area contributed by atoms with Crippen LogP contribution in [0.15, 0.2) is 23.2 Å². The molecule has 0 aliphatic carbocycles. The molecule has 0 aliphatic rings. The molecule has 0 bridgehead atoms. The lowest BCUT2D eigenvalue weighted by Crippen LogP contribution is -2.36. The Morgan fingerprint density at radius 3 is 1.90 bits per heavy atom. The number of carbonyl (C=O) groups is 1. The fourth-order valence-corrected chi connectivity index (χ4v) is 1.84. The molecule has 0 aromatic heterocycles. The van der Waals surface area contributed by atoms with E-state index in [1.165, 1.54) is 0 Å². The molecule has 0 unspecified atom stereocenters. The SMILES string of the molecule is Cc1cccc(C)c1NC(=O)N=C(N(C)C)N(C)C.Cl. The molecular formula is C14H23ClN4O. The zero-order valence-corrected chi connectivity index (χ0v) is 13.7. The topological polar surface area (TPSA) is 47.9 Å². The third kappa shape index (κ3) is 4.74. The summed E-state index contributed by atoms with van der Waals surface area (Å²) in [5.41, 5.74) is 2.88. The summed E-state index contributed by atoms with van der Waals surface area (Å²) in [4.78, 5) is 19.6. The fraction of sp³-hybridized carbons (Fsp3) is 0.429. The fourth-order valence-electron chi connectivity index (χ4n) is 1.84. The number of nitrogens with zero attached hydrogens (tertiary/aromatic N) is 3. The minimum absolute atomic E-state index is 0. The number of hydrogen-bond donors (Lipinski definition) is 1. The summed E-state index contributed by atoms with van der Waals surface area (Å²) in [5, 5.41) is 2.84. The largest absolute Gasteiger partial charge is 0.349 e. The number of carbonyl (C=O) groups excluding carboxylic acids is 1. The van der Waals surface area contributed by atoms with E-state index in [4.69, 9.17) is 0 Å². The maximum absolute atomic E-state index is 12.0. The van der Waals surface area contributed by atoms with E-state index < -0.39 is 0 Å². The normalized spacial score (nSPS) is 9.30. The van der Waals surface area contributed by atoms with E-state index in [1.54, 1.807) is 9.80 Å². The Balaban J connectivity index is 0.00000361. The van der Waals surface area contributed by atoms with Crippen LogP contribution in [0.5, 0.6) is 0 Å². The van der Waals surface area contributed by atoms with Crippen LogP contribution in [0.2, 0.25) is 0 Å². The Labute approximate surface area is 127 Å². The van der Waals surface area contributed by atoms with Crippen molar-refractivity contribution in [1.29, 1.82) is 0 Å². The number of guanidine groups is 1. The lowest BCUT2D eigenvalue weighted by molar-refractivity contribution is 0.259. The number of para-hydroxylation sites is 1. The molecule has 2 amide bonds. The molecule has 5 nitrogen and oxygen atoms in total. The number of halogens is 1. The molecule has 0 atom stereocenters. The number of nitrogens with one attached hydrogen (secondary N) is 1. The van der Waals surface area contributed by atoms with E-state index in [0.717, 1.165) is 16.8 Å². The van der Waals surface area contributed by atoms with Crippen molar-refractivity contribution in [2.24, 2.45) is 4.99 Å². The van der Waals surface area contributed by atoms with Gasteiger partial charge in [0.15, 0.2) is 0 Å². The molecule has 1 aromatic rings. The van der Waals surface area contributed by atoms with Gasteiger partial charge < -0.3 is 15.1 Å². The lowest BCUT2D eigenvalue weighted by atomic mass is 10.1. The van der Waals surface area contributed by atoms with Crippen LogP contribution in [-0.2, 0) is 0 Å². The van der Waals surface area contributed by atoms with Crippen molar-refractivity contribution in [2.75, 3.05) is 33.5 Å². The standard InChI is InChI=1S/C14H22N4O.ClH/c1-10-8-7-9-11(2)12(10)15-13(19)16-14(17(3)4)18(5)6;/h7-9H,1-6H3,(H,15,19);1H. The van der Waals surface area contributed by atoms with Gasteiger partial charge in [-0.05, 0) is 25.0 Å². The predicted octanol–water partition coefficient (Wildman–Crippen LogP) is 2.74. The van der Waals surface area contributed by atoms with Gasteiger partial charge in [-0.3, -0.25) is 0 Å². The molecule has 20 heavy (non-hydrogen) atoms. The maximum Gasteiger partial charge on any atom is 0.348 e. The Bertz CT molecular complexity index is 468. The van der Waals surface area contributed by atoms with Crippen molar-refractivity contribution in [2.45, 2.75) is 13.8 Å². The first kappa shape index (κ1) is 18.2. The zero-order valence-electron chi connectivity index (χ0n) is 12.9. The summed E-state index contributed by atoms with van der Waals surface area (Å²) < 4.78 is 0. The second-order valence-corrected chi connectivity index (χ2v) is 4.90.